The first kappa shape index (κ1) is 14.7. The van der Waals surface area contributed by atoms with Crippen LogP contribution in [-0.2, 0) is 9.59 Å². The minimum absolute atomic E-state index is 0.137. The molecule has 0 saturated carbocycles. The largest absolute Gasteiger partial charge is 0.480 e. The van der Waals surface area contributed by atoms with Crippen molar-refractivity contribution < 1.29 is 14.7 Å². The molecule has 3 atom stereocenters. The van der Waals surface area contributed by atoms with E-state index in [-0.39, 0.29) is 5.92 Å². The van der Waals surface area contributed by atoms with Gasteiger partial charge in [0.1, 0.15) is 12.1 Å². The molecule has 5 nitrogen and oxygen atoms in total. The molecule has 4 N–H and O–H groups in total. The standard InChI is InChI=1S/C12H18N2O3S/c1-3-7(2)10(12(16)17)14-11(15)9(13)8-5-4-6-18-8/h4-7,9-10H,3,13H2,1-2H3,(H,14,15)(H,16,17)/t7-,9?,10-/m0/s1. The molecule has 0 fully saturated rings. The second kappa shape index (κ2) is 6.51. The molecule has 0 aliphatic carbocycles. The summed E-state index contributed by atoms with van der Waals surface area (Å²) in [6.45, 7) is 3.67. The SMILES string of the molecule is CC[C@H](C)[C@H](NC(=O)C(N)c1cccs1)C(=O)O. The number of amides is 1. The lowest BCUT2D eigenvalue weighted by Crippen LogP contribution is -2.48. The molecular weight excluding hydrogens is 252 g/mol. The van der Waals surface area contributed by atoms with Crippen molar-refractivity contribution in [2.24, 2.45) is 11.7 Å². The summed E-state index contributed by atoms with van der Waals surface area (Å²) in [6.07, 6.45) is 0.672. The van der Waals surface area contributed by atoms with Crippen molar-refractivity contribution in [3.8, 4) is 0 Å². The Bertz CT molecular complexity index is 405. The van der Waals surface area contributed by atoms with Crippen molar-refractivity contribution in [1.29, 1.82) is 0 Å². The molecule has 0 radical (unpaired) electrons. The Balaban J connectivity index is 2.70. The van der Waals surface area contributed by atoms with Crippen LogP contribution in [-0.4, -0.2) is 23.0 Å². The van der Waals surface area contributed by atoms with Gasteiger partial charge in [-0.1, -0.05) is 26.3 Å². The summed E-state index contributed by atoms with van der Waals surface area (Å²) in [6, 6.07) is 1.86. The summed E-state index contributed by atoms with van der Waals surface area (Å²) < 4.78 is 0. The third-order valence-corrected chi connectivity index (χ3v) is 3.86. The number of nitrogens with one attached hydrogen (secondary N) is 1. The molecule has 100 valence electrons. The van der Waals surface area contributed by atoms with Gasteiger partial charge in [0.25, 0.3) is 0 Å². The van der Waals surface area contributed by atoms with Gasteiger partial charge in [0.05, 0.1) is 0 Å². The molecule has 1 amide bonds. The number of carboxylic acid groups (broad SMARTS) is 1. The summed E-state index contributed by atoms with van der Waals surface area (Å²) >= 11 is 1.38. The minimum atomic E-state index is -1.03. The highest BCUT2D eigenvalue weighted by Gasteiger charge is 2.28. The van der Waals surface area contributed by atoms with Gasteiger partial charge < -0.3 is 16.2 Å². The zero-order valence-corrected chi connectivity index (χ0v) is 11.2. The number of aliphatic carboxylic acids is 1. The Kier molecular flexibility index (Phi) is 5.30. The highest BCUT2D eigenvalue weighted by Crippen LogP contribution is 2.17. The molecule has 1 aromatic rings. The maximum absolute atomic E-state index is 11.9. The van der Waals surface area contributed by atoms with Crippen molar-refractivity contribution in [3.05, 3.63) is 22.4 Å². The van der Waals surface area contributed by atoms with E-state index in [2.05, 4.69) is 5.32 Å². The molecule has 0 aliphatic heterocycles. The maximum atomic E-state index is 11.9. The number of rotatable bonds is 6. The van der Waals surface area contributed by atoms with Crippen LogP contribution in [0, 0.1) is 5.92 Å². The fraction of sp³-hybridized carbons (Fsp3) is 0.500. The molecule has 18 heavy (non-hydrogen) atoms. The Morgan fingerprint density at radius 2 is 2.22 bits per heavy atom. The zero-order valence-electron chi connectivity index (χ0n) is 10.4. The van der Waals surface area contributed by atoms with E-state index in [4.69, 9.17) is 10.8 Å². The smallest absolute Gasteiger partial charge is 0.326 e. The topological polar surface area (TPSA) is 92.4 Å². The minimum Gasteiger partial charge on any atom is -0.480 e. The van der Waals surface area contributed by atoms with Gasteiger partial charge >= 0.3 is 5.97 Å². The molecule has 0 aromatic carbocycles. The van der Waals surface area contributed by atoms with Crippen LogP contribution in [0.4, 0.5) is 0 Å². The summed E-state index contributed by atoms with van der Waals surface area (Å²) in [5.74, 6) is -1.62. The predicted molar refractivity (Wildman–Crippen MR) is 70.3 cm³/mol. The molecule has 1 aromatic heterocycles. The van der Waals surface area contributed by atoms with Crippen LogP contribution in [0.1, 0.15) is 31.2 Å². The average molecular weight is 270 g/mol. The number of hydrogen-bond donors (Lipinski definition) is 3. The van der Waals surface area contributed by atoms with Crippen LogP contribution in [0.5, 0.6) is 0 Å². The molecule has 0 aliphatic rings. The van der Waals surface area contributed by atoms with Crippen molar-refractivity contribution in [2.75, 3.05) is 0 Å². The van der Waals surface area contributed by atoms with Gasteiger partial charge in [0.15, 0.2) is 0 Å². The first-order valence-corrected chi connectivity index (χ1v) is 6.67. The van der Waals surface area contributed by atoms with Gasteiger partial charge in [-0.05, 0) is 17.4 Å². The summed E-state index contributed by atoms with van der Waals surface area (Å²) in [5.41, 5.74) is 5.78. The van der Waals surface area contributed by atoms with Crippen molar-refractivity contribution in [3.63, 3.8) is 0 Å². The van der Waals surface area contributed by atoms with E-state index in [1.165, 1.54) is 11.3 Å². The molecule has 0 saturated heterocycles. The van der Waals surface area contributed by atoms with Crippen LogP contribution in [0.2, 0.25) is 0 Å². The first-order chi connectivity index (χ1) is 8.47. The van der Waals surface area contributed by atoms with Crippen molar-refractivity contribution in [1.82, 2.24) is 5.32 Å². The first-order valence-electron chi connectivity index (χ1n) is 5.79. The van der Waals surface area contributed by atoms with E-state index in [0.29, 0.717) is 6.42 Å². The number of carbonyl (C=O) groups excluding carboxylic acids is 1. The number of carboxylic acids is 1. The predicted octanol–water partition coefficient (Wildman–Crippen LogP) is 1.36. The van der Waals surface area contributed by atoms with Crippen LogP contribution < -0.4 is 11.1 Å². The average Bonchev–Trinajstić information content (AvgIpc) is 2.87. The van der Waals surface area contributed by atoms with E-state index in [0.717, 1.165) is 4.88 Å². The third kappa shape index (κ3) is 3.54. The lowest BCUT2D eigenvalue weighted by Gasteiger charge is -2.21. The fourth-order valence-corrected chi connectivity index (χ4v) is 2.25. The van der Waals surface area contributed by atoms with E-state index in [1.807, 2.05) is 12.3 Å². The Morgan fingerprint density at radius 1 is 1.56 bits per heavy atom. The highest BCUT2D eigenvalue weighted by atomic mass is 32.1. The van der Waals surface area contributed by atoms with Crippen molar-refractivity contribution in [2.45, 2.75) is 32.4 Å². The van der Waals surface area contributed by atoms with Crippen LogP contribution in [0.15, 0.2) is 17.5 Å². The molecule has 1 unspecified atom stereocenters. The van der Waals surface area contributed by atoms with Gasteiger partial charge in [-0.15, -0.1) is 11.3 Å². The van der Waals surface area contributed by atoms with E-state index in [9.17, 15) is 9.59 Å². The molecule has 1 rings (SSSR count). The van der Waals surface area contributed by atoms with E-state index in [1.54, 1.807) is 19.1 Å². The Labute approximate surface area is 110 Å². The van der Waals surface area contributed by atoms with Gasteiger partial charge in [0.2, 0.25) is 5.91 Å². The monoisotopic (exact) mass is 270 g/mol. The molecule has 6 heteroatoms. The van der Waals surface area contributed by atoms with Gasteiger partial charge in [-0.3, -0.25) is 4.79 Å². The number of nitrogens with two attached hydrogens (primary N) is 1. The normalized spacial score (nSPS) is 15.7. The van der Waals surface area contributed by atoms with Crippen LogP contribution >= 0.6 is 11.3 Å². The van der Waals surface area contributed by atoms with Gasteiger partial charge in [0, 0.05) is 4.88 Å². The highest BCUT2D eigenvalue weighted by molar-refractivity contribution is 7.10. The Hall–Kier alpha value is -1.40. The van der Waals surface area contributed by atoms with Gasteiger partial charge in [-0.25, -0.2) is 4.79 Å². The van der Waals surface area contributed by atoms with E-state index < -0.39 is 24.0 Å². The summed E-state index contributed by atoms with van der Waals surface area (Å²) in [5, 5.41) is 13.4. The molecule has 0 spiro atoms. The molecule has 1 heterocycles. The van der Waals surface area contributed by atoms with Gasteiger partial charge in [-0.2, -0.15) is 0 Å². The van der Waals surface area contributed by atoms with Crippen LogP contribution in [0.3, 0.4) is 0 Å². The number of thiophene rings is 1. The maximum Gasteiger partial charge on any atom is 0.326 e. The lowest BCUT2D eigenvalue weighted by atomic mass is 9.99. The van der Waals surface area contributed by atoms with Crippen molar-refractivity contribution >= 4 is 23.2 Å². The number of carbonyl (C=O) groups is 2. The van der Waals surface area contributed by atoms with Crippen LogP contribution in [0.25, 0.3) is 0 Å². The molecule has 0 bridgehead atoms. The second-order valence-electron chi connectivity index (χ2n) is 4.20. The summed E-state index contributed by atoms with van der Waals surface area (Å²) in [7, 11) is 0. The Morgan fingerprint density at radius 3 is 2.67 bits per heavy atom. The third-order valence-electron chi connectivity index (χ3n) is 2.91. The molecular formula is C12H18N2O3S. The van der Waals surface area contributed by atoms with E-state index >= 15 is 0 Å². The fourth-order valence-electron chi connectivity index (χ4n) is 1.52. The number of hydrogen-bond acceptors (Lipinski definition) is 4. The second-order valence-corrected chi connectivity index (χ2v) is 5.18. The lowest BCUT2D eigenvalue weighted by molar-refractivity contribution is -0.143. The summed E-state index contributed by atoms with van der Waals surface area (Å²) in [4.78, 5) is 23.7. The zero-order chi connectivity index (χ0) is 13.7. The quantitative estimate of drug-likeness (QED) is 0.727.